The van der Waals surface area contributed by atoms with Crippen LogP contribution in [0.5, 0.6) is 5.75 Å². The minimum Gasteiger partial charge on any atom is -0.488 e. The van der Waals surface area contributed by atoms with Crippen molar-refractivity contribution in [2.75, 3.05) is 0 Å². The molecular formula is C21H21ClN2O3. The van der Waals surface area contributed by atoms with Crippen LogP contribution < -0.4 is 10.1 Å². The average molecular weight is 385 g/mol. The molecule has 1 amide bonds. The number of hydrogen-bond acceptors (Lipinski definition) is 4. The number of nitrogens with zero attached hydrogens (tertiary/aromatic N) is 1. The number of halogens is 1. The third-order valence-electron chi connectivity index (χ3n) is 4.30. The lowest BCUT2D eigenvalue weighted by molar-refractivity contribution is 0.0939. The summed E-state index contributed by atoms with van der Waals surface area (Å²) in [5.41, 5.74) is 3.89. The lowest BCUT2D eigenvalue weighted by Gasteiger charge is -2.10. The molecule has 3 rings (SSSR count). The van der Waals surface area contributed by atoms with E-state index >= 15 is 0 Å². The number of aryl methyl sites for hydroxylation is 3. The predicted molar refractivity (Wildman–Crippen MR) is 104 cm³/mol. The van der Waals surface area contributed by atoms with Crippen LogP contribution in [0.25, 0.3) is 0 Å². The average Bonchev–Trinajstić information content (AvgIpc) is 3.01. The maximum absolute atomic E-state index is 12.6. The van der Waals surface area contributed by atoms with Crippen molar-refractivity contribution in [3.63, 3.8) is 0 Å². The molecule has 5 nitrogen and oxygen atoms in total. The first kappa shape index (κ1) is 19.0. The molecule has 0 spiro atoms. The van der Waals surface area contributed by atoms with E-state index in [0.29, 0.717) is 22.9 Å². The highest BCUT2D eigenvalue weighted by Crippen LogP contribution is 2.22. The Balaban J connectivity index is 1.70. The molecule has 1 aromatic heterocycles. The summed E-state index contributed by atoms with van der Waals surface area (Å²) in [6, 6.07) is 13.3. The third kappa shape index (κ3) is 4.49. The quantitative estimate of drug-likeness (QED) is 0.665. The van der Waals surface area contributed by atoms with Crippen molar-refractivity contribution in [3.8, 4) is 5.75 Å². The van der Waals surface area contributed by atoms with Gasteiger partial charge in [-0.05, 0) is 44.0 Å². The van der Waals surface area contributed by atoms with E-state index < -0.39 is 0 Å². The molecule has 0 radical (unpaired) electrons. The van der Waals surface area contributed by atoms with E-state index in [1.807, 2.05) is 50.2 Å². The summed E-state index contributed by atoms with van der Waals surface area (Å²) < 4.78 is 11.1. The van der Waals surface area contributed by atoms with Crippen molar-refractivity contribution >= 4 is 17.5 Å². The molecule has 2 aromatic carbocycles. The van der Waals surface area contributed by atoms with Crippen molar-refractivity contribution in [2.45, 2.75) is 33.9 Å². The van der Waals surface area contributed by atoms with Gasteiger partial charge in [0.2, 0.25) is 0 Å². The Hall–Kier alpha value is -2.79. The van der Waals surface area contributed by atoms with E-state index in [1.165, 1.54) is 5.56 Å². The molecule has 0 saturated carbocycles. The van der Waals surface area contributed by atoms with E-state index in [2.05, 4.69) is 10.5 Å². The maximum Gasteiger partial charge on any atom is 0.274 e. The predicted octanol–water partition coefficient (Wildman–Crippen LogP) is 4.76. The number of aromatic nitrogens is 1. The highest BCUT2D eigenvalue weighted by atomic mass is 35.5. The number of carbonyl (C=O) groups excluding carboxylic acids is 1. The molecule has 1 heterocycles. The molecule has 140 valence electrons. The van der Waals surface area contributed by atoms with Gasteiger partial charge in [0.25, 0.3) is 5.91 Å². The van der Waals surface area contributed by atoms with Gasteiger partial charge in [-0.15, -0.1) is 0 Å². The molecule has 0 unspecified atom stereocenters. The van der Waals surface area contributed by atoms with Crippen LogP contribution in [0, 0.1) is 20.8 Å². The zero-order valence-electron chi connectivity index (χ0n) is 15.5. The summed E-state index contributed by atoms with van der Waals surface area (Å²) in [6.45, 7) is 6.29. The topological polar surface area (TPSA) is 64.4 Å². The van der Waals surface area contributed by atoms with Gasteiger partial charge in [-0.25, -0.2) is 0 Å². The Morgan fingerprint density at radius 1 is 1.19 bits per heavy atom. The molecule has 27 heavy (non-hydrogen) atoms. The van der Waals surface area contributed by atoms with Crippen molar-refractivity contribution in [1.29, 1.82) is 0 Å². The number of carbonyl (C=O) groups is 1. The molecule has 0 aliphatic heterocycles. The molecule has 0 bridgehead atoms. The van der Waals surface area contributed by atoms with Gasteiger partial charge in [-0.1, -0.05) is 52.7 Å². The van der Waals surface area contributed by atoms with Crippen LogP contribution in [0.3, 0.4) is 0 Å². The van der Waals surface area contributed by atoms with Crippen LogP contribution in [-0.4, -0.2) is 11.1 Å². The summed E-state index contributed by atoms with van der Waals surface area (Å²) in [4.78, 5) is 12.6. The molecule has 0 fully saturated rings. The molecule has 0 aliphatic carbocycles. The van der Waals surface area contributed by atoms with Gasteiger partial charge in [0.1, 0.15) is 18.1 Å². The first-order valence-corrected chi connectivity index (χ1v) is 9.00. The summed E-state index contributed by atoms with van der Waals surface area (Å²) >= 11 is 6.13. The largest absolute Gasteiger partial charge is 0.488 e. The second-order valence-corrected chi connectivity index (χ2v) is 6.80. The lowest BCUT2D eigenvalue weighted by Crippen LogP contribution is -2.24. The smallest absolute Gasteiger partial charge is 0.274 e. The number of hydrogen-bond donors (Lipinski definition) is 1. The second kappa shape index (κ2) is 8.27. The number of amides is 1. The standard InChI is InChI=1S/C21H21ClN2O3/c1-13-8-9-19(14(2)10-13)26-12-17-15(3)27-24-20(17)21(25)23-11-16-6-4-5-7-18(16)22/h4-10H,11-12H2,1-3H3,(H,23,25). The Morgan fingerprint density at radius 3 is 2.70 bits per heavy atom. The zero-order valence-corrected chi connectivity index (χ0v) is 16.3. The summed E-state index contributed by atoms with van der Waals surface area (Å²) in [6.07, 6.45) is 0. The fraction of sp³-hybridized carbons (Fsp3) is 0.238. The maximum atomic E-state index is 12.6. The Kier molecular flexibility index (Phi) is 5.81. The Labute approximate surface area is 163 Å². The second-order valence-electron chi connectivity index (χ2n) is 6.40. The van der Waals surface area contributed by atoms with Gasteiger partial charge in [0, 0.05) is 11.6 Å². The Bertz CT molecular complexity index is 966. The molecule has 0 aliphatic rings. The molecule has 0 saturated heterocycles. The van der Waals surface area contributed by atoms with E-state index in [0.717, 1.165) is 16.9 Å². The molecule has 6 heteroatoms. The number of benzene rings is 2. The molecule has 0 atom stereocenters. The van der Waals surface area contributed by atoms with E-state index in [-0.39, 0.29) is 18.2 Å². The van der Waals surface area contributed by atoms with Crippen LogP contribution in [0.2, 0.25) is 5.02 Å². The van der Waals surface area contributed by atoms with E-state index in [4.69, 9.17) is 20.9 Å². The van der Waals surface area contributed by atoms with Crippen LogP contribution in [0.1, 0.15) is 38.5 Å². The van der Waals surface area contributed by atoms with Crippen molar-refractivity contribution < 1.29 is 14.1 Å². The lowest BCUT2D eigenvalue weighted by atomic mass is 10.1. The summed E-state index contributed by atoms with van der Waals surface area (Å²) in [5.74, 6) is 0.997. The van der Waals surface area contributed by atoms with Crippen LogP contribution in [0.15, 0.2) is 47.0 Å². The Morgan fingerprint density at radius 2 is 1.96 bits per heavy atom. The van der Waals surface area contributed by atoms with Gasteiger partial charge in [-0.2, -0.15) is 0 Å². The first-order valence-electron chi connectivity index (χ1n) is 8.62. The highest BCUT2D eigenvalue weighted by Gasteiger charge is 2.20. The normalized spacial score (nSPS) is 10.7. The zero-order chi connectivity index (χ0) is 19.4. The van der Waals surface area contributed by atoms with Gasteiger partial charge >= 0.3 is 0 Å². The number of rotatable bonds is 6. The van der Waals surface area contributed by atoms with Gasteiger partial charge in [0.15, 0.2) is 5.69 Å². The van der Waals surface area contributed by atoms with Gasteiger partial charge < -0.3 is 14.6 Å². The van der Waals surface area contributed by atoms with Crippen molar-refractivity contribution in [2.24, 2.45) is 0 Å². The van der Waals surface area contributed by atoms with Crippen molar-refractivity contribution in [1.82, 2.24) is 10.5 Å². The highest BCUT2D eigenvalue weighted by molar-refractivity contribution is 6.31. The van der Waals surface area contributed by atoms with Gasteiger partial charge in [0.05, 0.1) is 5.56 Å². The first-order chi connectivity index (χ1) is 13.0. The van der Waals surface area contributed by atoms with E-state index in [9.17, 15) is 4.79 Å². The third-order valence-corrected chi connectivity index (χ3v) is 4.67. The molecule has 3 aromatic rings. The number of ether oxygens (including phenoxy) is 1. The van der Waals surface area contributed by atoms with Crippen molar-refractivity contribution in [3.05, 3.63) is 81.2 Å². The van der Waals surface area contributed by atoms with E-state index in [1.54, 1.807) is 13.0 Å². The number of nitrogens with one attached hydrogen (secondary N) is 1. The minimum atomic E-state index is -0.328. The molecule has 1 N–H and O–H groups in total. The van der Waals surface area contributed by atoms with Crippen LogP contribution in [-0.2, 0) is 13.2 Å². The molecular weight excluding hydrogens is 364 g/mol. The minimum absolute atomic E-state index is 0.202. The SMILES string of the molecule is Cc1ccc(OCc2c(C(=O)NCc3ccccc3Cl)noc2C)c(C)c1. The fourth-order valence-corrected chi connectivity index (χ4v) is 2.95. The summed E-state index contributed by atoms with van der Waals surface area (Å²) in [7, 11) is 0. The monoisotopic (exact) mass is 384 g/mol. The fourth-order valence-electron chi connectivity index (χ4n) is 2.75. The van der Waals surface area contributed by atoms with Crippen LogP contribution >= 0.6 is 11.6 Å². The van der Waals surface area contributed by atoms with Gasteiger partial charge in [-0.3, -0.25) is 4.79 Å². The summed E-state index contributed by atoms with van der Waals surface area (Å²) in [5, 5.41) is 7.33. The van der Waals surface area contributed by atoms with Crippen LogP contribution in [0.4, 0.5) is 0 Å².